The van der Waals surface area contributed by atoms with Crippen LogP contribution >= 0.6 is 15.9 Å². The summed E-state index contributed by atoms with van der Waals surface area (Å²) in [5.74, 6) is -5.35. The monoisotopic (exact) mass is 442 g/mol. The molecular weight excluding hydrogens is 429 g/mol. The van der Waals surface area contributed by atoms with Crippen LogP contribution in [0.15, 0.2) is 34.8 Å². The first-order chi connectivity index (χ1) is 12.8. The van der Waals surface area contributed by atoms with Gasteiger partial charge in [0.15, 0.2) is 17.5 Å². The maximum absolute atomic E-state index is 13.9. The van der Waals surface area contributed by atoms with Crippen molar-refractivity contribution in [1.82, 2.24) is 4.90 Å². The number of hydrogen-bond donors (Lipinski definition) is 1. The molecule has 1 aliphatic rings. The number of ether oxygens (including phenoxy) is 1. The van der Waals surface area contributed by atoms with Crippen molar-refractivity contribution in [1.29, 1.82) is 0 Å². The Morgan fingerprint density at radius 2 is 1.93 bits per heavy atom. The fourth-order valence-corrected chi connectivity index (χ4v) is 3.38. The molecule has 3 rings (SSSR count). The number of carbonyl (C=O) groups excluding carboxylic acids is 2. The van der Waals surface area contributed by atoms with Crippen LogP contribution in [0.25, 0.3) is 0 Å². The van der Waals surface area contributed by atoms with Gasteiger partial charge in [0, 0.05) is 11.0 Å². The summed E-state index contributed by atoms with van der Waals surface area (Å²) in [6.45, 7) is 0.208. The smallest absolute Gasteiger partial charge is 0.410 e. The van der Waals surface area contributed by atoms with E-state index in [0.29, 0.717) is 22.5 Å². The number of nitrogens with zero attached hydrogens (tertiary/aromatic N) is 1. The van der Waals surface area contributed by atoms with Crippen LogP contribution in [0.2, 0.25) is 0 Å². The first-order valence-electron chi connectivity index (χ1n) is 7.90. The fourth-order valence-electron chi connectivity index (χ4n) is 3.01. The second-order valence-corrected chi connectivity index (χ2v) is 6.79. The van der Waals surface area contributed by atoms with E-state index in [4.69, 9.17) is 4.74 Å². The standard InChI is InChI=1S/C18H14BrF3N2O3/c1-27-18(26)24-7-6-9-2-3-10(19)8-11(9)16(24)17(25)23-13-5-4-12(20)14(21)15(13)22/h2-5,8,16H,6-7H2,1H3,(H,23,25)/t16-/m1/s1. The second-order valence-electron chi connectivity index (χ2n) is 5.87. The number of benzene rings is 2. The number of amides is 2. The zero-order chi connectivity index (χ0) is 19.7. The summed E-state index contributed by atoms with van der Waals surface area (Å²) in [6, 6.07) is 5.79. The molecule has 0 unspecified atom stereocenters. The average molecular weight is 443 g/mol. The number of halogens is 4. The molecule has 1 heterocycles. The van der Waals surface area contributed by atoms with E-state index in [-0.39, 0.29) is 6.54 Å². The molecule has 0 bridgehead atoms. The van der Waals surface area contributed by atoms with Crippen LogP contribution in [0, 0.1) is 17.5 Å². The van der Waals surface area contributed by atoms with Gasteiger partial charge < -0.3 is 10.1 Å². The lowest BCUT2D eigenvalue weighted by molar-refractivity contribution is -0.121. The molecular formula is C18H14BrF3N2O3. The summed E-state index contributed by atoms with van der Waals surface area (Å²) in [5.41, 5.74) is 0.844. The fraction of sp³-hybridized carbons (Fsp3) is 0.222. The molecule has 0 saturated heterocycles. The molecule has 2 aromatic rings. The zero-order valence-corrected chi connectivity index (χ0v) is 15.6. The topological polar surface area (TPSA) is 58.6 Å². The molecule has 27 heavy (non-hydrogen) atoms. The maximum atomic E-state index is 13.9. The third kappa shape index (κ3) is 3.64. The Morgan fingerprint density at radius 1 is 1.19 bits per heavy atom. The van der Waals surface area contributed by atoms with Gasteiger partial charge in [-0.3, -0.25) is 9.69 Å². The van der Waals surface area contributed by atoms with E-state index in [2.05, 4.69) is 21.2 Å². The van der Waals surface area contributed by atoms with Gasteiger partial charge in [-0.25, -0.2) is 18.0 Å². The second kappa shape index (κ2) is 7.59. The van der Waals surface area contributed by atoms with Gasteiger partial charge in [-0.05, 0) is 41.8 Å². The molecule has 0 aliphatic carbocycles. The number of anilines is 1. The van der Waals surface area contributed by atoms with Crippen molar-refractivity contribution < 1.29 is 27.5 Å². The minimum atomic E-state index is -1.69. The number of nitrogens with one attached hydrogen (secondary N) is 1. The maximum Gasteiger partial charge on any atom is 0.410 e. The molecule has 9 heteroatoms. The van der Waals surface area contributed by atoms with Gasteiger partial charge in [-0.2, -0.15) is 0 Å². The van der Waals surface area contributed by atoms with Crippen LogP contribution in [0.4, 0.5) is 23.7 Å². The number of fused-ring (bicyclic) bond motifs is 1. The van der Waals surface area contributed by atoms with Gasteiger partial charge in [-0.1, -0.05) is 22.0 Å². The molecule has 0 fully saturated rings. The third-order valence-corrected chi connectivity index (χ3v) is 4.78. The highest BCUT2D eigenvalue weighted by atomic mass is 79.9. The molecule has 0 spiro atoms. The largest absolute Gasteiger partial charge is 0.453 e. The van der Waals surface area contributed by atoms with E-state index in [1.54, 1.807) is 12.1 Å². The summed E-state index contributed by atoms with van der Waals surface area (Å²) in [5, 5.41) is 2.23. The Balaban J connectivity index is 2.00. The molecule has 1 N–H and O–H groups in total. The SMILES string of the molecule is COC(=O)N1CCc2ccc(Br)cc2[C@@H]1C(=O)Nc1ccc(F)c(F)c1F. The highest BCUT2D eigenvalue weighted by molar-refractivity contribution is 9.10. The lowest BCUT2D eigenvalue weighted by Crippen LogP contribution is -2.45. The Labute approximate surface area is 161 Å². The molecule has 0 radical (unpaired) electrons. The average Bonchev–Trinajstić information content (AvgIpc) is 2.66. The number of methoxy groups -OCH3 is 1. The molecule has 2 amide bonds. The van der Waals surface area contributed by atoms with E-state index in [1.807, 2.05) is 6.07 Å². The van der Waals surface area contributed by atoms with Crippen molar-refractivity contribution in [2.45, 2.75) is 12.5 Å². The summed E-state index contributed by atoms with van der Waals surface area (Å²) in [6.07, 6.45) is -0.229. The summed E-state index contributed by atoms with van der Waals surface area (Å²) >= 11 is 3.32. The highest BCUT2D eigenvalue weighted by Crippen LogP contribution is 2.34. The van der Waals surface area contributed by atoms with E-state index < -0.39 is 41.2 Å². The zero-order valence-electron chi connectivity index (χ0n) is 14.1. The van der Waals surface area contributed by atoms with Crippen LogP contribution < -0.4 is 5.32 Å². The molecule has 0 aromatic heterocycles. The Kier molecular flexibility index (Phi) is 5.41. The number of hydrogen-bond acceptors (Lipinski definition) is 3. The van der Waals surface area contributed by atoms with Gasteiger partial charge in [0.05, 0.1) is 12.8 Å². The first kappa shape index (κ1) is 19.2. The van der Waals surface area contributed by atoms with Gasteiger partial charge in [0.1, 0.15) is 6.04 Å². The van der Waals surface area contributed by atoms with Crippen molar-refractivity contribution in [3.8, 4) is 0 Å². The summed E-state index contributed by atoms with van der Waals surface area (Å²) < 4.78 is 45.9. The first-order valence-corrected chi connectivity index (χ1v) is 8.70. The van der Waals surface area contributed by atoms with Gasteiger partial charge >= 0.3 is 6.09 Å². The van der Waals surface area contributed by atoms with Crippen LogP contribution in [0.1, 0.15) is 17.2 Å². The van der Waals surface area contributed by atoms with Crippen molar-refractivity contribution >= 4 is 33.6 Å². The quantitative estimate of drug-likeness (QED) is 0.710. The Morgan fingerprint density at radius 3 is 2.63 bits per heavy atom. The number of carbonyl (C=O) groups is 2. The predicted molar refractivity (Wildman–Crippen MR) is 94.6 cm³/mol. The van der Waals surface area contributed by atoms with Gasteiger partial charge in [-0.15, -0.1) is 0 Å². The van der Waals surface area contributed by atoms with Gasteiger partial charge in [0.25, 0.3) is 5.91 Å². The lowest BCUT2D eigenvalue weighted by Gasteiger charge is -2.35. The molecule has 142 valence electrons. The molecule has 2 aromatic carbocycles. The van der Waals surface area contributed by atoms with E-state index >= 15 is 0 Å². The van der Waals surface area contributed by atoms with E-state index in [1.165, 1.54) is 12.0 Å². The summed E-state index contributed by atoms with van der Waals surface area (Å²) in [4.78, 5) is 26.2. The van der Waals surface area contributed by atoms with Crippen molar-refractivity contribution in [3.05, 3.63) is 63.4 Å². The normalized spacial score (nSPS) is 15.9. The molecule has 1 atom stereocenters. The molecule has 0 saturated carbocycles. The Bertz CT molecular complexity index is 923. The van der Waals surface area contributed by atoms with Crippen LogP contribution in [0.3, 0.4) is 0 Å². The highest BCUT2D eigenvalue weighted by Gasteiger charge is 2.37. The molecule has 5 nitrogen and oxygen atoms in total. The van der Waals surface area contributed by atoms with Crippen molar-refractivity contribution in [2.75, 3.05) is 19.0 Å². The predicted octanol–water partition coefficient (Wildman–Crippen LogP) is 4.17. The van der Waals surface area contributed by atoms with Crippen molar-refractivity contribution in [3.63, 3.8) is 0 Å². The number of rotatable bonds is 2. The molecule has 1 aliphatic heterocycles. The Hall–Kier alpha value is -2.55. The van der Waals surface area contributed by atoms with Crippen molar-refractivity contribution in [2.24, 2.45) is 0 Å². The minimum Gasteiger partial charge on any atom is -0.453 e. The van der Waals surface area contributed by atoms with Gasteiger partial charge in [0.2, 0.25) is 0 Å². The van der Waals surface area contributed by atoms with Crippen LogP contribution in [-0.4, -0.2) is 30.6 Å². The van der Waals surface area contributed by atoms with Crippen LogP contribution in [0.5, 0.6) is 0 Å². The van der Waals surface area contributed by atoms with Crippen LogP contribution in [-0.2, 0) is 16.0 Å². The lowest BCUT2D eigenvalue weighted by atomic mass is 9.92. The summed E-state index contributed by atoms with van der Waals surface area (Å²) in [7, 11) is 1.18. The minimum absolute atomic E-state index is 0.208. The van der Waals surface area contributed by atoms with E-state index in [9.17, 15) is 22.8 Å². The van der Waals surface area contributed by atoms with E-state index in [0.717, 1.165) is 11.6 Å². The third-order valence-electron chi connectivity index (χ3n) is 4.29.